The summed E-state index contributed by atoms with van der Waals surface area (Å²) >= 11 is 0. The lowest BCUT2D eigenvalue weighted by molar-refractivity contribution is -0.122. The van der Waals surface area contributed by atoms with Crippen LogP contribution in [0, 0.1) is 5.92 Å². The van der Waals surface area contributed by atoms with Crippen LogP contribution < -0.4 is 11.0 Å². The summed E-state index contributed by atoms with van der Waals surface area (Å²) in [5, 5.41) is 15.9. The van der Waals surface area contributed by atoms with Gasteiger partial charge in [0.1, 0.15) is 12.9 Å². The summed E-state index contributed by atoms with van der Waals surface area (Å²) in [6.07, 6.45) is 1.42. The van der Waals surface area contributed by atoms with Gasteiger partial charge in [-0.05, 0) is 12.3 Å². The van der Waals surface area contributed by atoms with E-state index in [1.165, 1.54) is 10.9 Å². The molecule has 0 bridgehead atoms. The summed E-state index contributed by atoms with van der Waals surface area (Å²) in [6.45, 7) is 4.06. The van der Waals surface area contributed by atoms with E-state index in [1.807, 2.05) is 13.8 Å². The summed E-state index contributed by atoms with van der Waals surface area (Å²) < 4.78 is 2.37. The molecule has 1 unspecified atom stereocenters. The molecule has 7 heteroatoms. The Kier molecular flexibility index (Phi) is 5.08. The standard InChI is InChI=1S/C11H20N4O3/c1-8(2)4-9(16)5-12-10(17)6-15-11(18)14(3)7-13-15/h7-9,16H,4-6H2,1-3H3,(H,12,17). The Morgan fingerprint density at radius 3 is 2.72 bits per heavy atom. The molecule has 0 fully saturated rings. The number of carbonyl (C=O) groups excluding carboxylic acids is 1. The SMILES string of the molecule is CC(C)CC(O)CNC(=O)Cn1ncn(C)c1=O. The molecule has 1 aromatic heterocycles. The first-order valence-corrected chi connectivity index (χ1v) is 5.93. The van der Waals surface area contributed by atoms with Crippen molar-refractivity contribution < 1.29 is 9.90 Å². The first kappa shape index (κ1) is 14.4. The highest BCUT2D eigenvalue weighted by Crippen LogP contribution is 2.02. The lowest BCUT2D eigenvalue weighted by Crippen LogP contribution is -2.37. The summed E-state index contributed by atoms with van der Waals surface area (Å²) in [5.74, 6) is 0.0360. The number of aryl methyl sites for hydroxylation is 1. The number of carbonyl (C=O) groups is 1. The monoisotopic (exact) mass is 256 g/mol. The lowest BCUT2D eigenvalue weighted by Gasteiger charge is -2.13. The van der Waals surface area contributed by atoms with E-state index in [9.17, 15) is 14.7 Å². The van der Waals surface area contributed by atoms with Crippen LogP contribution in [0.1, 0.15) is 20.3 Å². The van der Waals surface area contributed by atoms with Crippen LogP contribution in [0.2, 0.25) is 0 Å². The second-order valence-corrected chi connectivity index (χ2v) is 4.77. The molecule has 0 saturated carbocycles. The zero-order valence-corrected chi connectivity index (χ0v) is 11.0. The molecule has 7 nitrogen and oxygen atoms in total. The molecule has 1 heterocycles. The fourth-order valence-corrected chi connectivity index (χ4v) is 1.58. The molecule has 0 spiro atoms. The van der Waals surface area contributed by atoms with Crippen LogP contribution in [-0.2, 0) is 18.4 Å². The van der Waals surface area contributed by atoms with Crippen LogP contribution in [-0.4, -0.2) is 38.0 Å². The Balaban J connectivity index is 2.39. The normalized spacial score (nSPS) is 12.7. The van der Waals surface area contributed by atoms with Gasteiger partial charge in [-0.25, -0.2) is 9.48 Å². The van der Waals surface area contributed by atoms with E-state index >= 15 is 0 Å². The molecule has 0 aliphatic heterocycles. The highest BCUT2D eigenvalue weighted by Gasteiger charge is 2.11. The van der Waals surface area contributed by atoms with E-state index in [4.69, 9.17) is 0 Å². The molecule has 0 aliphatic carbocycles. The zero-order chi connectivity index (χ0) is 13.7. The molecule has 102 valence electrons. The number of rotatable bonds is 6. The van der Waals surface area contributed by atoms with Crippen LogP contribution in [0.4, 0.5) is 0 Å². The van der Waals surface area contributed by atoms with Crippen molar-refractivity contribution in [2.75, 3.05) is 6.54 Å². The smallest absolute Gasteiger partial charge is 0.345 e. The minimum absolute atomic E-state index is 0.131. The summed E-state index contributed by atoms with van der Waals surface area (Å²) in [4.78, 5) is 23.0. The van der Waals surface area contributed by atoms with Gasteiger partial charge in [-0.3, -0.25) is 9.36 Å². The number of amides is 1. The van der Waals surface area contributed by atoms with Crippen molar-refractivity contribution >= 4 is 5.91 Å². The predicted molar refractivity (Wildman–Crippen MR) is 65.9 cm³/mol. The van der Waals surface area contributed by atoms with Crippen LogP contribution in [0.25, 0.3) is 0 Å². The van der Waals surface area contributed by atoms with Crippen molar-refractivity contribution in [3.8, 4) is 0 Å². The van der Waals surface area contributed by atoms with Crippen molar-refractivity contribution in [1.82, 2.24) is 19.7 Å². The van der Waals surface area contributed by atoms with Gasteiger partial charge in [0.2, 0.25) is 5.91 Å². The van der Waals surface area contributed by atoms with Gasteiger partial charge in [-0.15, -0.1) is 0 Å². The van der Waals surface area contributed by atoms with Crippen molar-refractivity contribution in [3.63, 3.8) is 0 Å². The Bertz CT molecular complexity index is 449. The fraction of sp³-hybridized carbons (Fsp3) is 0.727. The third-order valence-corrected chi connectivity index (χ3v) is 2.46. The lowest BCUT2D eigenvalue weighted by atomic mass is 10.1. The molecule has 0 radical (unpaired) electrons. The van der Waals surface area contributed by atoms with Gasteiger partial charge in [-0.1, -0.05) is 13.8 Å². The minimum Gasteiger partial charge on any atom is -0.391 e. The van der Waals surface area contributed by atoms with Gasteiger partial charge >= 0.3 is 5.69 Å². The van der Waals surface area contributed by atoms with Crippen LogP contribution in [0.3, 0.4) is 0 Å². The van der Waals surface area contributed by atoms with Gasteiger partial charge in [-0.2, -0.15) is 5.10 Å². The molecule has 0 aromatic carbocycles. The van der Waals surface area contributed by atoms with Gasteiger partial charge < -0.3 is 10.4 Å². The Morgan fingerprint density at radius 2 is 2.22 bits per heavy atom. The maximum Gasteiger partial charge on any atom is 0.345 e. The third kappa shape index (κ3) is 4.33. The number of nitrogens with one attached hydrogen (secondary N) is 1. The molecule has 2 N–H and O–H groups in total. The number of aliphatic hydroxyl groups excluding tert-OH is 1. The topological polar surface area (TPSA) is 89.2 Å². The Morgan fingerprint density at radius 1 is 1.56 bits per heavy atom. The molecule has 1 amide bonds. The highest BCUT2D eigenvalue weighted by atomic mass is 16.3. The number of hydrogen-bond acceptors (Lipinski definition) is 4. The van der Waals surface area contributed by atoms with E-state index < -0.39 is 6.10 Å². The summed E-state index contributed by atoms with van der Waals surface area (Å²) in [7, 11) is 1.57. The molecule has 0 saturated heterocycles. The largest absolute Gasteiger partial charge is 0.391 e. The quantitative estimate of drug-likeness (QED) is 0.690. The molecule has 1 atom stereocenters. The number of hydrogen-bond donors (Lipinski definition) is 2. The molecule has 18 heavy (non-hydrogen) atoms. The van der Waals surface area contributed by atoms with E-state index in [-0.39, 0.29) is 24.7 Å². The summed E-state index contributed by atoms with van der Waals surface area (Å²) in [6, 6.07) is 0. The van der Waals surface area contributed by atoms with E-state index in [0.717, 1.165) is 4.68 Å². The van der Waals surface area contributed by atoms with Gasteiger partial charge in [0.05, 0.1) is 6.10 Å². The van der Waals surface area contributed by atoms with Crippen LogP contribution in [0.5, 0.6) is 0 Å². The van der Waals surface area contributed by atoms with Crippen LogP contribution >= 0.6 is 0 Å². The number of aliphatic hydroxyl groups is 1. The predicted octanol–water partition coefficient (Wildman–Crippen LogP) is -0.895. The molecular weight excluding hydrogens is 236 g/mol. The number of nitrogens with zero attached hydrogens (tertiary/aromatic N) is 3. The molecular formula is C11H20N4O3. The van der Waals surface area contributed by atoms with Gasteiger partial charge in [0.15, 0.2) is 0 Å². The maximum absolute atomic E-state index is 11.5. The van der Waals surface area contributed by atoms with Crippen LogP contribution in [0.15, 0.2) is 11.1 Å². The Hall–Kier alpha value is -1.63. The van der Waals surface area contributed by atoms with E-state index in [2.05, 4.69) is 10.4 Å². The molecule has 1 aromatic rings. The first-order valence-electron chi connectivity index (χ1n) is 5.93. The second-order valence-electron chi connectivity index (χ2n) is 4.77. The minimum atomic E-state index is -0.561. The average molecular weight is 256 g/mol. The van der Waals surface area contributed by atoms with Gasteiger partial charge in [0, 0.05) is 13.6 Å². The molecule has 1 rings (SSSR count). The van der Waals surface area contributed by atoms with Crippen molar-refractivity contribution in [2.45, 2.75) is 32.9 Å². The fourth-order valence-electron chi connectivity index (χ4n) is 1.58. The van der Waals surface area contributed by atoms with E-state index in [1.54, 1.807) is 7.05 Å². The van der Waals surface area contributed by atoms with Crippen molar-refractivity contribution in [3.05, 3.63) is 16.8 Å². The van der Waals surface area contributed by atoms with E-state index in [0.29, 0.717) is 12.3 Å². The molecule has 0 aliphatic rings. The Labute approximate surface area is 105 Å². The highest BCUT2D eigenvalue weighted by molar-refractivity contribution is 5.75. The van der Waals surface area contributed by atoms with Crippen molar-refractivity contribution in [2.24, 2.45) is 13.0 Å². The second kappa shape index (κ2) is 6.34. The first-order chi connectivity index (χ1) is 8.40. The van der Waals surface area contributed by atoms with Crippen molar-refractivity contribution in [1.29, 1.82) is 0 Å². The number of aromatic nitrogens is 3. The van der Waals surface area contributed by atoms with Gasteiger partial charge in [0.25, 0.3) is 0 Å². The third-order valence-electron chi connectivity index (χ3n) is 2.46. The zero-order valence-electron chi connectivity index (χ0n) is 11.0. The maximum atomic E-state index is 11.5. The summed E-state index contributed by atoms with van der Waals surface area (Å²) in [5.41, 5.74) is -0.340. The average Bonchev–Trinajstić information content (AvgIpc) is 2.57.